The summed E-state index contributed by atoms with van der Waals surface area (Å²) < 4.78 is 5.36. The molecule has 1 aromatic rings. The molecule has 5 nitrogen and oxygen atoms in total. The maximum absolute atomic E-state index is 12.2. The average molecular weight is 343 g/mol. The summed E-state index contributed by atoms with van der Waals surface area (Å²) in [4.78, 5) is 13.7. The van der Waals surface area contributed by atoms with Crippen LogP contribution in [0.15, 0.2) is 24.3 Å². The molecule has 23 heavy (non-hydrogen) atoms. The standard InChI is InChI=1S/C17H27ClN2O3/c1-13(21)12-20(16(22)23-17(2,3)4)10-9-19-11-14-7-5-6-8-15(14)18/h5-8,13,19,21H,9-12H2,1-4H3. The molecule has 1 atom stereocenters. The van der Waals surface area contributed by atoms with Gasteiger partial charge in [0.1, 0.15) is 5.60 Å². The van der Waals surface area contributed by atoms with Crippen molar-refractivity contribution in [3.8, 4) is 0 Å². The lowest BCUT2D eigenvalue weighted by Crippen LogP contribution is -2.43. The number of halogens is 1. The van der Waals surface area contributed by atoms with Gasteiger partial charge in [-0.25, -0.2) is 4.79 Å². The predicted octanol–water partition coefficient (Wildman–Crippen LogP) is 3.05. The van der Waals surface area contributed by atoms with Gasteiger partial charge in [-0.2, -0.15) is 0 Å². The molecule has 0 aliphatic rings. The fourth-order valence-corrected chi connectivity index (χ4v) is 2.18. The van der Waals surface area contributed by atoms with Crippen LogP contribution >= 0.6 is 11.6 Å². The number of aliphatic hydroxyl groups excluding tert-OH is 1. The first-order valence-electron chi connectivity index (χ1n) is 7.79. The first-order valence-corrected chi connectivity index (χ1v) is 8.17. The van der Waals surface area contributed by atoms with E-state index >= 15 is 0 Å². The van der Waals surface area contributed by atoms with Crippen LogP contribution < -0.4 is 5.32 Å². The Bertz CT molecular complexity index is 501. The van der Waals surface area contributed by atoms with Crippen molar-refractivity contribution in [2.24, 2.45) is 0 Å². The van der Waals surface area contributed by atoms with Gasteiger partial charge in [-0.15, -0.1) is 0 Å². The Morgan fingerprint density at radius 1 is 1.39 bits per heavy atom. The lowest BCUT2D eigenvalue weighted by atomic mass is 10.2. The number of carbonyl (C=O) groups is 1. The van der Waals surface area contributed by atoms with E-state index in [9.17, 15) is 9.90 Å². The van der Waals surface area contributed by atoms with Crippen LogP contribution in [-0.2, 0) is 11.3 Å². The van der Waals surface area contributed by atoms with E-state index in [0.717, 1.165) is 5.56 Å². The van der Waals surface area contributed by atoms with E-state index < -0.39 is 17.8 Å². The summed E-state index contributed by atoms with van der Waals surface area (Å²) in [6.45, 7) is 9.00. The summed E-state index contributed by atoms with van der Waals surface area (Å²) in [7, 11) is 0. The van der Waals surface area contributed by atoms with Crippen molar-refractivity contribution in [1.29, 1.82) is 0 Å². The normalized spacial score (nSPS) is 12.8. The fraction of sp³-hybridized carbons (Fsp3) is 0.588. The molecule has 1 aromatic carbocycles. The molecule has 1 rings (SSSR count). The smallest absolute Gasteiger partial charge is 0.410 e. The molecule has 0 aromatic heterocycles. The highest BCUT2D eigenvalue weighted by Crippen LogP contribution is 2.14. The van der Waals surface area contributed by atoms with E-state index in [1.54, 1.807) is 6.92 Å². The Labute approximate surface area is 143 Å². The first kappa shape index (κ1) is 19.7. The predicted molar refractivity (Wildman–Crippen MR) is 92.6 cm³/mol. The quantitative estimate of drug-likeness (QED) is 0.748. The number of rotatable bonds is 7. The first-order chi connectivity index (χ1) is 10.7. The number of amides is 1. The largest absolute Gasteiger partial charge is 0.444 e. The highest BCUT2D eigenvalue weighted by molar-refractivity contribution is 6.31. The van der Waals surface area contributed by atoms with Crippen molar-refractivity contribution in [3.63, 3.8) is 0 Å². The van der Waals surface area contributed by atoms with Crippen LogP contribution in [0.1, 0.15) is 33.3 Å². The summed E-state index contributed by atoms with van der Waals surface area (Å²) in [6, 6.07) is 7.62. The van der Waals surface area contributed by atoms with Gasteiger partial charge < -0.3 is 20.1 Å². The van der Waals surface area contributed by atoms with Gasteiger partial charge in [0.15, 0.2) is 0 Å². The Balaban J connectivity index is 2.48. The van der Waals surface area contributed by atoms with Crippen molar-refractivity contribution in [2.45, 2.75) is 45.9 Å². The molecular formula is C17H27ClN2O3. The molecule has 0 radical (unpaired) electrons. The molecule has 1 amide bonds. The summed E-state index contributed by atoms with van der Waals surface area (Å²) in [6.07, 6.45) is -1.02. The number of ether oxygens (including phenoxy) is 1. The third-order valence-electron chi connectivity index (χ3n) is 2.97. The van der Waals surface area contributed by atoms with Gasteiger partial charge in [0, 0.05) is 31.2 Å². The second kappa shape index (κ2) is 9.11. The molecule has 0 aliphatic heterocycles. The third-order valence-corrected chi connectivity index (χ3v) is 3.34. The minimum absolute atomic E-state index is 0.239. The molecule has 0 aliphatic carbocycles. The number of benzene rings is 1. The van der Waals surface area contributed by atoms with Gasteiger partial charge in [-0.05, 0) is 39.3 Å². The van der Waals surface area contributed by atoms with Crippen molar-refractivity contribution < 1.29 is 14.6 Å². The molecular weight excluding hydrogens is 316 g/mol. The number of hydrogen-bond acceptors (Lipinski definition) is 4. The number of carbonyl (C=O) groups excluding carboxylic acids is 1. The number of aliphatic hydroxyl groups is 1. The molecule has 1 unspecified atom stereocenters. The molecule has 0 spiro atoms. The summed E-state index contributed by atoms with van der Waals surface area (Å²) in [5, 5.41) is 13.5. The minimum atomic E-state index is -0.605. The second-order valence-corrected chi connectivity index (χ2v) is 6.95. The Kier molecular flexibility index (Phi) is 7.82. The molecule has 0 heterocycles. The minimum Gasteiger partial charge on any atom is -0.444 e. The Morgan fingerprint density at radius 2 is 2.04 bits per heavy atom. The molecule has 0 bridgehead atoms. The van der Waals surface area contributed by atoms with Crippen LogP contribution in [0.5, 0.6) is 0 Å². The SMILES string of the molecule is CC(O)CN(CCNCc1ccccc1Cl)C(=O)OC(C)(C)C. The van der Waals surface area contributed by atoms with Gasteiger partial charge in [0.25, 0.3) is 0 Å². The van der Waals surface area contributed by atoms with Gasteiger partial charge >= 0.3 is 6.09 Å². The zero-order valence-electron chi connectivity index (χ0n) is 14.3. The highest BCUT2D eigenvalue weighted by Gasteiger charge is 2.22. The van der Waals surface area contributed by atoms with Gasteiger partial charge in [0.2, 0.25) is 0 Å². The van der Waals surface area contributed by atoms with Crippen LogP contribution in [0.2, 0.25) is 5.02 Å². The van der Waals surface area contributed by atoms with Crippen molar-refractivity contribution in [3.05, 3.63) is 34.9 Å². The van der Waals surface area contributed by atoms with Crippen LogP contribution in [0.25, 0.3) is 0 Å². The topological polar surface area (TPSA) is 61.8 Å². The molecule has 0 fully saturated rings. The molecule has 0 saturated carbocycles. The van der Waals surface area contributed by atoms with E-state index in [1.807, 2.05) is 45.0 Å². The lowest BCUT2D eigenvalue weighted by molar-refractivity contribution is 0.0164. The van der Waals surface area contributed by atoms with Crippen LogP contribution in [-0.4, -0.2) is 47.4 Å². The Hall–Kier alpha value is -1.30. The second-order valence-electron chi connectivity index (χ2n) is 6.54. The number of nitrogens with one attached hydrogen (secondary N) is 1. The third kappa shape index (κ3) is 8.21. The van der Waals surface area contributed by atoms with Gasteiger partial charge in [-0.3, -0.25) is 0 Å². The lowest BCUT2D eigenvalue weighted by Gasteiger charge is -2.28. The zero-order valence-corrected chi connectivity index (χ0v) is 15.1. The van der Waals surface area contributed by atoms with E-state index in [4.69, 9.17) is 16.3 Å². The Morgan fingerprint density at radius 3 is 2.61 bits per heavy atom. The van der Waals surface area contributed by atoms with Crippen molar-refractivity contribution >= 4 is 17.7 Å². The summed E-state index contributed by atoms with van der Waals surface area (Å²) in [5.41, 5.74) is 0.451. The monoisotopic (exact) mass is 342 g/mol. The van der Waals surface area contributed by atoms with Crippen molar-refractivity contribution in [2.75, 3.05) is 19.6 Å². The van der Waals surface area contributed by atoms with Crippen LogP contribution in [0.4, 0.5) is 4.79 Å². The number of nitrogens with zero attached hydrogens (tertiary/aromatic N) is 1. The molecule has 0 saturated heterocycles. The van der Waals surface area contributed by atoms with Gasteiger partial charge in [0.05, 0.1) is 6.10 Å². The molecule has 130 valence electrons. The maximum Gasteiger partial charge on any atom is 0.410 e. The van der Waals surface area contributed by atoms with E-state index in [2.05, 4.69) is 5.32 Å². The number of hydrogen-bond donors (Lipinski definition) is 2. The van der Waals surface area contributed by atoms with E-state index in [1.165, 1.54) is 4.90 Å². The van der Waals surface area contributed by atoms with Gasteiger partial charge in [-0.1, -0.05) is 29.8 Å². The zero-order chi connectivity index (χ0) is 17.5. The summed E-state index contributed by atoms with van der Waals surface area (Å²) in [5.74, 6) is 0. The van der Waals surface area contributed by atoms with E-state index in [-0.39, 0.29) is 6.54 Å². The maximum atomic E-state index is 12.2. The average Bonchev–Trinajstić information content (AvgIpc) is 2.41. The summed E-state index contributed by atoms with van der Waals surface area (Å²) >= 11 is 6.10. The van der Waals surface area contributed by atoms with Crippen molar-refractivity contribution in [1.82, 2.24) is 10.2 Å². The highest BCUT2D eigenvalue weighted by atomic mass is 35.5. The molecule has 6 heteroatoms. The van der Waals surface area contributed by atoms with Crippen LogP contribution in [0.3, 0.4) is 0 Å². The van der Waals surface area contributed by atoms with E-state index in [0.29, 0.717) is 24.7 Å². The fourth-order valence-electron chi connectivity index (χ4n) is 1.98. The van der Waals surface area contributed by atoms with Crippen LogP contribution in [0, 0.1) is 0 Å². The molecule has 2 N–H and O–H groups in total.